The van der Waals surface area contributed by atoms with Gasteiger partial charge in [0.25, 0.3) is 0 Å². The minimum Gasteiger partial charge on any atom is -0.389 e. The van der Waals surface area contributed by atoms with E-state index in [1.54, 1.807) is 13.8 Å². The summed E-state index contributed by atoms with van der Waals surface area (Å²) < 4.78 is 0. The Kier molecular flexibility index (Phi) is 3.80. The third kappa shape index (κ3) is 2.45. The van der Waals surface area contributed by atoms with Crippen LogP contribution >= 0.6 is 0 Å². The lowest BCUT2D eigenvalue weighted by Crippen LogP contribution is -1.99. The first-order valence-corrected chi connectivity index (χ1v) is 6.15. The van der Waals surface area contributed by atoms with E-state index < -0.39 is 12.2 Å². The molecule has 2 aromatic carbocycles. The van der Waals surface area contributed by atoms with Crippen molar-refractivity contribution in [1.29, 1.82) is 0 Å². The Morgan fingerprint density at radius 1 is 0.667 bits per heavy atom. The second-order valence-electron chi connectivity index (χ2n) is 4.53. The van der Waals surface area contributed by atoms with Crippen molar-refractivity contribution in [2.45, 2.75) is 26.1 Å². The summed E-state index contributed by atoms with van der Waals surface area (Å²) in [5.41, 5.74) is 3.71. The lowest BCUT2D eigenvalue weighted by molar-refractivity contribution is 0.197. The van der Waals surface area contributed by atoms with Gasteiger partial charge in [0.2, 0.25) is 0 Å². The van der Waals surface area contributed by atoms with Crippen LogP contribution in [0.4, 0.5) is 0 Å². The molecule has 2 heteroatoms. The maximum absolute atomic E-state index is 9.83. The van der Waals surface area contributed by atoms with E-state index in [-0.39, 0.29) is 0 Å². The van der Waals surface area contributed by atoms with E-state index >= 15 is 0 Å². The highest BCUT2D eigenvalue weighted by Gasteiger charge is 2.13. The molecule has 0 aliphatic rings. The Labute approximate surface area is 108 Å². The van der Waals surface area contributed by atoms with Crippen LogP contribution in [0.5, 0.6) is 0 Å². The van der Waals surface area contributed by atoms with E-state index in [0.29, 0.717) is 0 Å². The van der Waals surface area contributed by atoms with Gasteiger partial charge >= 0.3 is 0 Å². The summed E-state index contributed by atoms with van der Waals surface area (Å²) >= 11 is 0. The Morgan fingerprint density at radius 3 is 1.33 bits per heavy atom. The van der Waals surface area contributed by atoms with Crippen LogP contribution in [0.15, 0.2) is 48.5 Å². The zero-order valence-corrected chi connectivity index (χ0v) is 10.7. The van der Waals surface area contributed by atoms with Gasteiger partial charge in [0.1, 0.15) is 0 Å². The highest BCUT2D eigenvalue weighted by atomic mass is 16.3. The lowest BCUT2D eigenvalue weighted by Gasteiger charge is -2.16. The first kappa shape index (κ1) is 12.8. The second-order valence-corrected chi connectivity index (χ2v) is 4.53. The van der Waals surface area contributed by atoms with Gasteiger partial charge in [-0.1, -0.05) is 48.5 Å². The van der Waals surface area contributed by atoms with Crippen LogP contribution in [0.2, 0.25) is 0 Å². The zero-order chi connectivity index (χ0) is 13.1. The molecule has 0 saturated heterocycles. The van der Waals surface area contributed by atoms with Crippen molar-refractivity contribution in [1.82, 2.24) is 0 Å². The molecule has 2 N–H and O–H groups in total. The minimum atomic E-state index is -0.525. The molecule has 0 saturated carbocycles. The highest BCUT2D eigenvalue weighted by Crippen LogP contribution is 2.33. The average Bonchev–Trinajstić information content (AvgIpc) is 2.38. The van der Waals surface area contributed by atoms with Gasteiger partial charge in [-0.15, -0.1) is 0 Å². The fourth-order valence-electron chi connectivity index (χ4n) is 2.21. The first-order valence-electron chi connectivity index (χ1n) is 6.15. The molecule has 0 amide bonds. The molecule has 0 bridgehead atoms. The molecule has 2 atom stereocenters. The van der Waals surface area contributed by atoms with Gasteiger partial charge in [-0.3, -0.25) is 0 Å². The third-order valence-corrected chi connectivity index (χ3v) is 3.11. The Hall–Kier alpha value is -1.64. The highest BCUT2D eigenvalue weighted by molar-refractivity contribution is 5.71. The molecule has 0 aliphatic heterocycles. The van der Waals surface area contributed by atoms with Gasteiger partial charge in [0, 0.05) is 0 Å². The SMILES string of the molecule is C[C@H](O)c1ccccc1-c1ccccc1[C@@H](C)O. The molecule has 0 spiro atoms. The van der Waals surface area contributed by atoms with Gasteiger partial charge in [0.05, 0.1) is 12.2 Å². The van der Waals surface area contributed by atoms with Crippen LogP contribution in [0, 0.1) is 0 Å². The molecule has 0 unspecified atom stereocenters. The van der Waals surface area contributed by atoms with Crippen molar-refractivity contribution in [2.24, 2.45) is 0 Å². The number of rotatable bonds is 3. The first-order chi connectivity index (χ1) is 8.61. The lowest BCUT2D eigenvalue weighted by atomic mass is 9.92. The maximum atomic E-state index is 9.83. The van der Waals surface area contributed by atoms with Crippen molar-refractivity contribution < 1.29 is 10.2 Å². The molecule has 2 aromatic rings. The third-order valence-electron chi connectivity index (χ3n) is 3.11. The van der Waals surface area contributed by atoms with Gasteiger partial charge in [0.15, 0.2) is 0 Å². The molecular formula is C16H18O2. The topological polar surface area (TPSA) is 40.5 Å². The second kappa shape index (κ2) is 5.34. The van der Waals surface area contributed by atoms with Crippen molar-refractivity contribution in [2.75, 3.05) is 0 Å². The van der Waals surface area contributed by atoms with Gasteiger partial charge in [-0.2, -0.15) is 0 Å². The van der Waals surface area contributed by atoms with Crippen molar-refractivity contribution in [3.63, 3.8) is 0 Å². The van der Waals surface area contributed by atoms with E-state index in [1.807, 2.05) is 48.5 Å². The van der Waals surface area contributed by atoms with Crippen LogP contribution in [-0.4, -0.2) is 10.2 Å². The Balaban J connectivity index is 2.62. The van der Waals surface area contributed by atoms with Crippen molar-refractivity contribution in [3.05, 3.63) is 59.7 Å². The summed E-state index contributed by atoms with van der Waals surface area (Å²) in [6, 6.07) is 15.5. The fourth-order valence-corrected chi connectivity index (χ4v) is 2.21. The number of hydrogen-bond donors (Lipinski definition) is 2. The van der Waals surface area contributed by atoms with Crippen molar-refractivity contribution >= 4 is 0 Å². The van der Waals surface area contributed by atoms with Gasteiger partial charge in [-0.05, 0) is 36.1 Å². The number of hydrogen-bond acceptors (Lipinski definition) is 2. The quantitative estimate of drug-likeness (QED) is 0.865. The smallest absolute Gasteiger partial charge is 0.0767 e. The van der Waals surface area contributed by atoms with Crippen LogP contribution in [0.3, 0.4) is 0 Å². The normalized spacial score (nSPS) is 14.2. The minimum absolute atomic E-state index is 0.525. The molecule has 0 aromatic heterocycles. The summed E-state index contributed by atoms with van der Waals surface area (Å²) in [5, 5.41) is 19.7. The fraction of sp³-hybridized carbons (Fsp3) is 0.250. The maximum Gasteiger partial charge on any atom is 0.0767 e. The molecular weight excluding hydrogens is 224 g/mol. The van der Waals surface area contributed by atoms with Gasteiger partial charge < -0.3 is 10.2 Å². The van der Waals surface area contributed by atoms with E-state index in [4.69, 9.17) is 0 Å². The Bertz CT molecular complexity index is 481. The molecule has 0 radical (unpaired) electrons. The summed E-state index contributed by atoms with van der Waals surface area (Å²) in [7, 11) is 0. The monoisotopic (exact) mass is 242 g/mol. The molecule has 2 nitrogen and oxygen atoms in total. The predicted molar refractivity (Wildman–Crippen MR) is 73.1 cm³/mol. The molecule has 18 heavy (non-hydrogen) atoms. The average molecular weight is 242 g/mol. The van der Waals surface area contributed by atoms with E-state index in [1.165, 1.54) is 0 Å². The van der Waals surface area contributed by atoms with E-state index in [0.717, 1.165) is 22.3 Å². The van der Waals surface area contributed by atoms with E-state index in [2.05, 4.69) is 0 Å². The largest absolute Gasteiger partial charge is 0.389 e. The number of benzene rings is 2. The number of aliphatic hydroxyl groups is 2. The zero-order valence-electron chi connectivity index (χ0n) is 10.7. The van der Waals surface area contributed by atoms with Crippen LogP contribution in [0.25, 0.3) is 11.1 Å². The van der Waals surface area contributed by atoms with Crippen LogP contribution in [-0.2, 0) is 0 Å². The summed E-state index contributed by atoms with van der Waals surface area (Å²) in [5.74, 6) is 0. The molecule has 2 rings (SSSR count). The van der Waals surface area contributed by atoms with E-state index in [9.17, 15) is 10.2 Å². The van der Waals surface area contributed by atoms with Crippen LogP contribution in [0.1, 0.15) is 37.2 Å². The summed E-state index contributed by atoms with van der Waals surface area (Å²) in [6.07, 6.45) is -1.05. The molecule has 0 heterocycles. The summed E-state index contributed by atoms with van der Waals surface area (Å²) in [6.45, 7) is 3.51. The van der Waals surface area contributed by atoms with Gasteiger partial charge in [-0.25, -0.2) is 0 Å². The summed E-state index contributed by atoms with van der Waals surface area (Å²) in [4.78, 5) is 0. The Morgan fingerprint density at radius 2 is 1.00 bits per heavy atom. The standard InChI is InChI=1S/C16H18O2/c1-11(17)13-7-3-5-9-15(13)16-10-6-4-8-14(16)12(2)18/h3-12,17-18H,1-2H3/t11-,12+. The van der Waals surface area contributed by atoms with Crippen molar-refractivity contribution in [3.8, 4) is 11.1 Å². The van der Waals surface area contributed by atoms with Crippen LogP contribution < -0.4 is 0 Å². The molecule has 0 fully saturated rings. The molecule has 0 aliphatic carbocycles. The predicted octanol–water partition coefficient (Wildman–Crippen LogP) is 3.46. The number of aliphatic hydroxyl groups excluding tert-OH is 2. The molecule has 94 valence electrons.